The highest BCUT2D eigenvalue weighted by Gasteiger charge is 2.68. The van der Waals surface area contributed by atoms with Gasteiger partial charge in [-0.25, -0.2) is 0 Å². The average Bonchev–Trinajstić information content (AvgIpc) is 3.08. The molecule has 5 nitrogen and oxygen atoms in total. The fourth-order valence-electron chi connectivity index (χ4n) is 8.36. The second kappa shape index (κ2) is 10.9. The van der Waals surface area contributed by atoms with Crippen molar-refractivity contribution in [3.8, 4) is 0 Å². The quantitative estimate of drug-likeness (QED) is 0.355. The van der Waals surface area contributed by atoms with E-state index in [0.29, 0.717) is 12.3 Å². The molecule has 8 atom stereocenters. The third-order valence-corrected chi connectivity index (χ3v) is 10.3. The first-order valence-electron chi connectivity index (χ1n) is 13.8. The number of carbonyl (C=O) groups is 2. The van der Waals surface area contributed by atoms with Crippen LogP contribution in [0, 0.1) is 34.5 Å². The molecule has 0 saturated heterocycles. The van der Waals surface area contributed by atoms with E-state index in [9.17, 15) is 24.9 Å². The molecular weight excluding hydrogens is 428 g/mol. The number of ketones is 2. The lowest BCUT2D eigenvalue weighted by Crippen LogP contribution is -2.62. The van der Waals surface area contributed by atoms with E-state index in [1.54, 1.807) is 0 Å². The van der Waals surface area contributed by atoms with Gasteiger partial charge in [0.25, 0.3) is 0 Å². The van der Waals surface area contributed by atoms with Gasteiger partial charge in [-0.1, -0.05) is 46.1 Å². The van der Waals surface area contributed by atoms with Crippen LogP contribution in [-0.4, -0.2) is 45.2 Å². The van der Waals surface area contributed by atoms with Crippen LogP contribution < -0.4 is 0 Å². The first-order chi connectivity index (χ1) is 16.1. The van der Waals surface area contributed by atoms with Crippen molar-refractivity contribution in [2.24, 2.45) is 34.5 Å². The molecule has 0 aromatic heterocycles. The number of Topliss-reactive ketones (excluding diaryl/α,β-unsaturated/α-hetero) is 2. The maximum atomic E-state index is 13.4. The van der Waals surface area contributed by atoms with Crippen LogP contribution in [-0.2, 0) is 9.59 Å². The fourth-order valence-corrected chi connectivity index (χ4v) is 8.36. The van der Waals surface area contributed by atoms with E-state index >= 15 is 0 Å². The summed E-state index contributed by atoms with van der Waals surface area (Å²) in [5.74, 6) is 0.380. The van der Waals surface area contributed by atoms with E-state index < -0.39 is 23.4 Å². The van der Waals surface area contributed by atoms with Gasteiger partial charge in [0.05, 0.1) is 6.10 Å². The summed E-state index contributed by atoms with van der Waals surface area (Å²) in [6.07, 6.45) is 14.1. The van der Waals surface area contributed by atoms with Gasteiger partial charge in [0, 0.05) is 17.8 Å². The molecule has 4 fully saturated rings. The lowest BCUT2D eigenvalue weighted by atomic mass is 9.44. The number of hydrogen-bond donors (Lipinski definition) is 3. The van der Waals surface area contributed by atoms with Crippen molar-refractivity contribution in [2.45, 2.75) is 116 Å². The van der Waals surface area contributed by atoms with Gasteiger partial charge in [0.2, 0.25) is 0 Å². The Kier molecular flexibility index (Phi) is 8.85. The molecule has 4 aliphatic carbocycles. The van der Waals surface area contributed by atoms with Crippen molar-refractivity contribution >= 4 is 11.6 Å². The number of hydrogen-bond acceptors (Lipinski definition) is 5. The first-order valence-corrected chi connectivity index (χ1v) is 13.8. The van der Waals surface area contributed by atoms with E-state index in [2.05, 4.69) is 20.4 Å². The van der Waals surface area contributed by atoms with E-state index in [-0.39, 0.29) is 41.5 Å². The molecule has 0 aliphatic heterocycles. The number of carbonyl (C=O) groups excluding carboxylic acids is 2. The second-order valence-corrected chi connectivity index (χ2v) is 12.1. The maximum absolute atomic E-state index is 13.4. The average molecular weight is 477 g/mol. The zero-order chi connectivity index (χ0) is 25.1. The predicted molar refractivity (Wildman–Crippen MR) is 134 cm³/mol. The minimum atomic E-state index is -1.58. The smallest absolute Gasteiger partial charge is 0.190 e. The Morgan fingerprint density at radius 2 is 1.85 bits per heavy atom. The fraction of sp³-hybridized carbons (Fsp3) is 0.862. The van der Waals surface area contributed by atoms with Crippen LogP contribution in [0.1, 0.15) is 104 Å². The van der Waals surface area contributed by atoms with Gasteiger partial charge in [-0.3, -0.25) is 9.59 Å². The number of aliphatic hydroxyl groups is 3. The second-order valence-electron chi connectivity index (χ2n) is 12.1. The van der Waals surface area contributed by atoms with E-state index in [0.717, 1.165) is 38.5 Å². The third kappa shape index (κ3) is 4.69. The number of aliphatic hydroxyl groups excluding tert-OH is 2. The molecule has 34 heavy (non-hydrogen) atoms. The molecule has 0 aromatic carbocycles. The summed E-state index contributed by atoms with van der Waals surface area (Å²) in [6.45, 7) is 9.35. The number of rotatable bonds is 7. The topological polar surface area (TPSA) is 94.8 Å². The Bertz CT molecular complexity index is 749. The Balaban J connectivity index is 0.000000350. The summed E-state index contributed by atoms with van der Waals surface area (Å²) in [5.41, 5.74) is -2.40. The molecule has 5 heteroatoms. The lowest BCUT2D eigenvalue weighted by molar-refractivity contribution is -0.180. The normalized spacial score (nSPS) is 43.1. The van der Waals surface area contributed by atoms with E-state index in [1.807, 2.05) is 13.0 Å². The van der Waals surface area contributed by atoms with Crippen LogP contribution in [0.2, 0.25) is 0 Å². The minimum Gasteiger partial charge on any atom is -0.393 e. The van der Waals surface area contributed by atoms with E-state index in [1.165, 1.54) is 32.1 Å². The molecular formula is C29H48O5. The largest absolute Gasteiger partial charge is 0.393 e. The SMILES string of the molecule is C=CCCCCCC.C[C@]12CC[C@@H](O)C[C@H]1CC[C@@H]1[C@@H]2C(=O)C[C@@]2(C)[C@H]1CC[C@]2(O)C(=O)CO. The Hall–Kier alpha value is -1.04. The van der Waals surface area contributed by atoms with Gasteiger partial charge in [0.15, 0.2) is 5.78 Å². The molecule has 4 aliphatic rings. The van der Waals surface area contributed by atoms with Crippen molar-refractivity contribution < 1.29 is 24.9 Å². The zero-order valence-corrected chi connectivity index (χ0v) is 21.7. The van der Waals surface area contributed by atoms with Crippen LogP contribution in [0.25, 0.3) is 0 Å². The van der Waals surface area contributed by atoms with Crippen LogP contribution >= 0.6 is 0 Å². The van der Waals surface area contributed by atoms with Gasteiger partial charge < -0.3 is 15.3 Å². The van der Waals surface area contributed by atoms with Gasteiger partial charge in [0.1, 0.15) is 18.0 Å². The molecule has 0 heterocycles. The molecule has 0 radical (unpaired) electrons. The molecule has 4 rings (SSSR count). The Morgan fingerprint density at radius 3 is 2.50 bits per heavy atom. The van der Waals surface area contributed by atoms with E-state index in [4.69, 9.17) is 0 Å². The van der Waals surface area contributed by atoms with Crippen LogP contribution in [0.15, 0.2) is 12.7 Å². The van der Waals surface area contributed by atoms with Crippen molar-refractivity contribution in [1.82, 2.24) is 0 Å². The van der Waals surface area contributed by atoms with Crippen molar-refractivity contribution in [3.05, 3.63) is 12.7 Å². The molecule has 0 spiro atoms. The molecule has 0 aromatic rings. The summed E-state index contributed by atoms with van der Waals surface area (Å²) >= 11 is 0. The Labute approximate surface area is 206 Å². The molecule has 194 valence electrons. The van der Waals surface area contributed by atoms with Gasteiger partial charge in [-0.05, 0) is 81.0 Å². The number of unbranched alkanes of at least 4 members (excludes halogenated alkanes) is 4. The number of allylic oxidation sites excluding steroid dienone is 1. The lowest BCUT2D eigenvalue weighted by Gasteiger charge is -2.60. The van der Waals surface area contributed by atoms with Gasteiger partial charge in [-0.15, -0.1) is 6.58 Å². The van der Waals surface area contributed by atoms with Crippen LogP contribution in [0.4, 0.5) is 0 Å². The monoisotopic (exact) mass is 476 g/mol. The number of fused-ring (bicyclic) bond motifs is 5. The molecule has 0 unspecified atom stereocenters. The van der Waals surface area contributed by atoms with Crippen LogP contribution in [0.5, 0.6) is 0 Å². The molecule has 3 N–H and O–H groups in total. The van der Waals surface area contributed by atoms with Gasteiger partial charge >= 0.3 is 0 Å². The summed E-state index contributed by atoms with van der Waals surface area (Å²) in [5, 5.41) is 30.6. The summed E-state index contributed by atoms with van der Waals surface area (Å²) in [4.78, 5) is 25.7. The van der Waals surface area contributed by atoms with Gasteiger partial charge in [-0.2, -0.15) is 0 Å². The summed E-state index contributed by atoms with van der Waals surface area (Å²) < 4.78 is 0. The highest BCUT2D eigenvalue weighted by molar-refractivity contribution is 5.92. The molecule has 4 saturated carbocycles. The molecule has 0 bridgehead atoms. The highest BCUT2D eigenvalue weighted by Crippen LogP contribution is 2.67. The highest BCUT2D eigenvalue weighted by atomic mass is 16.3. The zero-order valence-electron chi connectivity index (χ0n) is 21.7. The predicted octanol–water partition coefficient (Wildman–Crippen LogP) is 5.00. The third-order valence-electron chi connectivity index (χ3n) is 10.3. The maximum Gasteiger partial charge on any atom is 0.190 e. The van der Waals surface area contributed by atoms with Crippen molar-refractivity contribution in [2.75, 3.05) is 6.61 Å². The van der Waals surface area contributed by atoms with Crippen molar-refractivity contribution in [3.63, 3.8) is 0 Å². The van der Waals surface area contributed by atoms with Crippen molar-refractivity contribution in [1.29, 1.82) is 0 Å². The Morgan fingerprint density at radius 1 is 1.12 bits per heavy atom. The summed E-state index contributed by atoms with van der Waals surface area (Å²) in [6, 6.07) is 0. The standard InChI is InChI=1S/C21H32O5.C8H16/c1-19-7-5-13(23)9-12(19)3-4-14-15-6-8-21(26,17(25)11-22)20(15,2)10-16(24)18(14)19;1-3-5-7-8-6-4-2/h12-15,18,22-23,26H,3-11H2,1-2H3;3H,1,4-8H2,2H3/t12-,13-,14+,15+,18-,19+,20+,21+;/m1./s1. The van der Waals surface area contributed by atoms with Crippen LogP contribution in [0.3, 0.4) is 0 Å². The minimum absolute atomic E-state index is 0.0154. The molecule has 0 amide bonds. The summed E-state index contributed by atoms with van der Waals surface area (Å²) in [7, 11) is 0. The first kappa shape index (κ1) is 27.5.